The number of primary amides is 1. The van der Waals surface area contributed by atoms with Crippen LogP contribution < -0.4 is 11.5 Å². The van der Waals surface area contributed by atoms with Crippen LogP contribution in [0.15, 0.2) is 30.3 Å². The van der Waals surface area contributed by atoms with E-state index in [0.29, 0.717) is 19.5 Å². The lowest BCUT2D eigenvalue weighted by Gasteiger charge is -2.25. The molecule has 0 aliphatic carbocycles. The van der Waals surface area contributed by atoms with Gasteiger partial charge in [-0.2, -0.15) is 0 Å². The first-order valence-electron chi connectivity index (χ1n) is 6.89. The Kier molecular flexibility index (Phi) is 4.39. The minimum absolute atomic E-state index is 0.00916. The van der Waals surface area contributed by atoms with E-state index >= 15 is 0 Å². The number of carbonyl (C=O) groups excluding carboxylic acids is 2. The largest absolute Gasteiger partial charge is 0.369 e. The lowest BCUT2D eigenvalue weighted by Crippen LogP contribution is -2.39. The zero-order valence-corrected chi connectivity index (χ0v) is 11.7. The van der Waals surface area contributed by atoms with Crippen molar-refractivity contribution in [2.75, 3.05) is 13.1 Å². The van der Waals surface area contributed by atoms with E-state index < -0.39 is 0 Å². The second-order valence-corrected chi connectivity index (χ2v) is 5.40. The van der Waals surface area contributed by atoms with Crippen molar-refractivity contribution in [3.8, 4) is 0 Å². The molecule has 3 atom stereocenters. The third kappa shape index (κ3) is 2.99. The first-order valence-corrected chi connectivity index (χ1v) is 6.89. The monoisotopic (exact) mass is 275 g/mol. The van der Waals surface area contributed by atoms with Crippen molar-refractivity contribution in [3.63, 3.8) is 0 Å². The summed E-state index contributed by atoms with van der Waals surface area (Å²) >= 11 is 0. The zero-order chi connectivity index (χ0) is 14.7. The Morgan fingerprint density at radius 3 is 2.50 bits per heavy atom. The highest BCUT2D eigenvalue weighted by Gasteiger charge is 2.33. The van der Waals surface area contributed by atoms with Crippen LogP contribution in [0, 0.1) is 11.8 Å². The minimum Gasteiger partial charge on any atom is -0.369 e. The fraction of sp³-hybridized carbons (Fsp3) is 0.467. The zero-order valence-electron chi connectivity index (χ0n) is 11.7. The van der Waals surface area contributed by atoms with Crippen LogP contribution in [-0.4, -0.2) is 29.8 Å². The Morgan fingerprint density at radius 1 is 1.30 bits per heavy atom. The molecule has 1 heterocycles. The quantitative estimate of drug-likeness (QED) is 0.845. The van der Waals surface area contributed by atoms with Gasteiger partial charge in [-0.15, -0.1) is 0 Å². The second kappa shape index (κ2) is 6.05. The molecule has 1 aromatic rings. The molecule has 2 rings (SSSR count). The van der Waals surface area contributed by atoms with Crippen LogP contribution in [0.2, 0.25) is 0 Å². The highest BCUT2D eigenvalue weighted by atomic mass is 16.2. The number of benzene rings is 1. The average Bonchev–Trinajstić information content (AvgIpc) is 2.96. The molecular formula is C15H21N3O2. The van der Waals surface area contributed by atoms with Crippen molar-refractivity contribution >= 4 is 11.8 Å². The predicted molar refractivity (Wildman–Crippen MR) is 76.4 cm³/mol. The van der Waals surface area contributed by atoms with Crippen LogP contribution in [-0.2, 0) is 9.59 Å². The second-order valence-electron chi connectivity index (χ2n) is 5.40. The summed E-state index contributed by atoms with van der Waals surface area (Å²) in [4.78, 5) is 25.3. The molecule has 0 bridgehead atoms. The summed E-state index contributed by atoms with van der Waals surface area (Å²) in [6.45, 7) is 2.83. The van der Waals surface area contributed by atoms with Crippen molar-refractivity contribution in [2.45, 2.75) is 19.4 Å². The summed E-state index contributed by atoms with van der Waals surface area (Å²) in [5.74, 6) is -0.881. The van der Waals surface area contributed by atoms with E-state index in [9.17, 15) is 9.59 Å². The van der Waals surface area contributed by atoms with Gasteiger partial charge >= 0.3 is 0 Å². The number of amides is 2. The van der Waals surface area contributed by atoms with Crippen molar-refractivity contribution < 1.29 is 9.59 Å². The average molecular weight is 275 g/mol. The fourth-order valence-electron chi connectivity index (χ4n) is 2.60. The summed E-state index contributed by atoms with van der Waals surface area (Å²) in [5.41, 5.74) is 12.4. The van der Waals surface area contributed by atoms with Gasteiger partial charge < -0.3 is 16.4 Å². The maximum atomic E-state index is 12.4. The summed E-state index contributed by atoms with van der Waals surface area (Å²) in [7, 11) is 0. The van der Waals surface area contributed by atoms with E-state index in [1.54, 1.807) is 4.90 Å². The summed E-state index contributed by atoms with van der Waals surface area (Å²) in [5, 5.41) is 0. The van der Waals surface area contributed by atoms with Crippen molar-refractivity contribution in [2.24, 2.45) is 23.3 Å². The van der Waals surface area contributed by atoms with Gasteiger partial charge in [0.2, 0.25) is 11.8 Å². The number of rotatable bonds is 4. The van der Waals surface area contributed by atoms with Gasteiger partial charge in [0, 0.05) is 19.1 Å². The van der Waals surface area contributed by atoms with E-state index in [0.717, 1.165) is 5.56 Å². The Balaban J connectivity index is 2.01. The Labute approximate surface area is 118 Å². The van der Waals surface area contributed by atoms with Crippen LogP contribution in [0.1, 0.15) is 24.9 Å². The highest BCUT2D eigenvalue weighted by molar-refractivity contribution is 5.82. The maximum absolute atomic E-state index is 12.4. The van der Waals surface area contributed by atoms with Gasteiger partial charge in [-0.1, -0.05) is 37.3 Å². The first-order chi connectivity index (χ1) is 9.50. The Morgan fingerprint density at radius 2 is 1.95 bits per heavy atom. The van der Waals surface area contributed by atoms with Crippen molar-refractivity contribution in [3.05, 3.63) is 35.9 Å². The molecule has 108 valence electrons. The number of hydrogen-bond donors (Lipinski definition) is 2. The molecule has 5 nitrogen and oxygen atoms in total. The molecule has 1 aromatic carbocycles. The Hall–Kier alpha value is -1.88. The summed E-state index contributed by atoms with van der Waals surface area (Å²) < 4.78 is 0. The van der Waals surface area contributed by atoms with Crippen molar-refractivity contribution in [1.82, 2.24) is 4.90 Å². The van der Waals surface area contributed by atoms with Crippen LogP contribution in [0.3, 0.4) is 0 Å². The van der Waals surface area contributed by atoms with Gasteiger partial charge in [0.15, 0.2) is 0 Å². The molecule has 1 aliphatic heterocycles. The number of carbonyl (C=O) groups is 2. The molecule has 5 heteroatoms. The molecular weight excluding hydrogens is 254 g/mol. The van der Waals surface area contributed by atoms with E-state index in [1.165, 1.54) is 0 Å². The van der Waals surface area contributed by atoms with E-state index in [4.69, 9.17) is 11.5 Å². The molecule has 1 aliphatic rings. The van der Waals surface area contributed by atoms with Gasteiger partial charge in [-0.05, 0) is 12.0 Å². The first kappa shape index (κ1) is 14.5. The van der Waals surface area contributed by atoms with Gasteiger partial charge in [0.25, 0.3) is 0 Å². The predicted octanol–water partition coefficient (Wildman–Crippen LogP) is 0.656. The Bertz CT molecular complexity index is 489. The van der Waals surface area contributed by atoms with Crippen molar-refractivity contribution in [1.29, 1.82) is 0 Å². The van der Waals surface area contributed by atoms with E-state index in [2.05, 4.69) is 0 Å². The molecule has 1 fully saturated rings. The molecule has 0 radical (unpaired) electrons. The summed E-state index contributed by atoms with van der Waals surface area (Å²) in [6.07, 6.45) is 0.647. The SMILES string of the molecule is CC(C(=O)N1CCC(C(N)=O)C1)C(N)c1ccccc1. The summed E-state index contributed by atoms with van der Waals surface area (Å²) in [6, 6.07) is 9.24. The van der Waals surface area contributed by atoms with E-state index in [-0.39, 0.29) is 29.7 Å². The third-order valence-electron chi connectivity index (χ3n) is 4.01. The highest BCUT2D eigenvalue weighted by Crippen LogP contribution is 2.24. The topological polar surface area (TPSA) is 89.4 Å². The maximum Gasteiger partial charge on any atom is 0.227 e. The van der Waals surface area contributed by atoms with Crippen LogP contribution >= 0.6 is 0 Å². The number of nitrogens with two attached hydrogens (primary N) is 2. The smallest absolute Gasteiger partial charge is 0.227 e. The molecule has 3 unspecified atom stereocenters. The standard InChI is InChI=1S/C15H21N3O2/c1-10(13(16)11-5-3-2-4-6-11)15(20)18-8-7-12(9-18)14(17)19/h2-6,10,12-13H,7-9,16H2,1H3,(H2,17,19). The number of hydrogen-bond acceptors (Lipinski definition) is 3. The molecule has 0 aromatic heterocycles. The minimum atomic E-state index is -0.337. The van der Waals surface area contributed by atoms with E-state index in [1.807, 2.05) is 37.3 Å². The lowest BCUT2D eigenvalue weighted by atomic mass is 9.94. The molecule has 1 saturated heterocycles. The van der Waals surface area contributed by atoms with Gasteiger partial charge in [-0.25, -0.2) is 0 Å². The van der Waals surface area contributed by atoms with Gasteiger partial charge in [0.05, 0.1) is 11.8 Å². The normalized spacial score (nSPS) is 21.5. The van der Waals surface area contributed by atoms with Gasteiger partial charge in [0.1, 0.15) is 0 Å². The molecule has 2 amide bonds. The molecule has 20 heavy (non-hydrogen) atoms. The number of nitrogens with zero attached hydrogens (tertiary/aromatic N) is 1. The molecule has 0 saturated carbocycles. The lowest BCUT2D eigenvalue weighted by molar-refractivity contribution is -0.134. The van der Waals surface area contributed by atoms with Crippen LogP contribution in [0.5, 0.6) is 0 Å². The van der Waals surface area contributed by atoms with Gasteiger partial charge in [-0.3, -0.25) is 9.59 Å². The number of likely N-dealkylation sites (tertiary alicyclic amines) is 1. The van der Waals surface area contributed by atoms with Crippen LogP contribution in [0.4, 0.5) is 0 Å². The molecule has 0 spiro atoms. The van der Waals surface area contributed by atoms with Crippen LogP contribution in [0.25, 0.3) is 0 Å². The fourth-order valence-corrected chi connectivity index (χ4v) is 2.60. The molecule has 4 N–H and O–H groups in total. The third-order valence-corrected chi connectivity index (χ3v) is 4.01.